The van der Waals surface area contributed by atoms with E-state index in [9.17, 15) is 5.11 Å². The minimum absolute atomic E-state index is 0.134. The van der Waals surface area contributed by atoms with Gasteiger partial charge in [-0.25, -0.2) is 0 Å². The summed E-state index contributed by atoms with van der Waals surface area (Å²) in [6.45, 7) is 4.41. The topological polar surface area (TPSA) is 44.3 Å². The molecule has 0 bridgehead atoms. The lowest BCUT2D eigenvalue weighted by Crippen LogP contribution is -2.53. The van der Waals surface area contributed by atoms with Crippen molar-refractivity contribution >= 4 is 0 Å². The number of hydrogen-bond donors (Lipinski definition) is 3. The highest BCUT2D eigenvalue weighted by molar-refractivity contribution is 4.95. The van der Waals surface area contributed by atoms with Crippen LogP contribution in [-0.2, 0) is 0 Å². The molecule has 1 saturated carbocycles. The van der Waals surface area contributed by atoms with Gasteiger partial charge in [0.2, 0.25) is 0 Å². The smallest absolute Gasteiger partial charge is 0.0693 e. The second-order valence-electron chi connectivity index (χ2n) is 5.44. The maximum absolute atomic E-state index is 10.0. The van der Waals surface area contributed by atoms with E-state index in [0.29, 0.717) is 6.04 Å². The average Bonchev–Trinajstić information content (AvgIpc) is 2.53. The zero-order valence-corrected chi connectivity index (χ0v) is 9.76. The summed E-state index contributed by atoms with van der Waals surface area (Å²) in [6, 6.07) is 0.317. The Bertz CT molecular complexity index is 202. The van der Waals surface area contributed by atoms with Crippen molar-refractivity contribution in [3.8, 4) is 0 Å². The van der Waals surface area contributed by atoms with Crippen LogP contribution >= 0.6 is 0 Å². The fourth-order valence-electron chi connectivity index (χ4n) is 2.84. The lowest BCUT2D eigenvalue weighted by molar-refractivity contribution is 0.103. The summed E-state index contributed by atoms with van der Waals surface area (Å²) in [5.74, 6) is 0. The fraction of sp³-hybridized carbons (Fsp3) is 1.00. The van der Waals surface area contributed by atoms with E-state index in [-0.39, 0.29) is 11.6 Å². The van der Waals surface area contributed by atoms with E-state index < -0.39 is 0 Å². The highest BCUT2D eigenvalue weighted by Gasteiger charge is 2.33. The molecule has 2 rings (SSSR count). The van der Waals surface area contributed by atoms with Crippen LogP contribution in [0.3, 0.4) is 0 Å². The van der Waals surface area contributed by atoms with Gasteiger partial charge in [0, 0.05) is 18.1 Å². The van der Waals surface area contributed by atoms with Gasteiger partial charge in [0.15, 0.2) is 0 Å². The maximum Gasteiger partial charge on any atom is 0.0693 e. The molecule has 0 aromatic rings. The quantitative estimate of drug-likeness (QED) is 0.599. The molecule has 3 atom stereocenters. The lowest BCUT2D eigenvalue weighted by atomic mass is 9.96. The fourth-order valence-corrected chi connectivity index (χ4v) is 2.84. The summed E-state index contributed by atoms with van der Waals surface area (Å²) in [6.07, 6.45) is 6.88. The molecule has 1 aliphatic heterocycles. The Kier molecular flexibility index (Phi) is 3.65. The van der Waals surface area contributed by atoms with Gasteiger partial charge in [-0.2, -0.15) is 0 Å². The molecule has 0 radical (unpaired) electrons. The van der Waals surface area contributed by atoms with Crippen LogP contribution in [0.1, 0.15) is 45.4 Å². The predicted octanol–water partition coefficient (Wildman–Crippen LogP) is 1.02. The molecule has 0 amide bonds. The van der Waals surface area contributed by atoms with Crippen molar-refractivity contribution < 1.29 is 5.11 Å². The Morgan fingerprint density at radius 1 is 1.27 bits per heavy atom. The Balaban J connectivity index is 1.90. The molecule has 0 aromatic heterocycles. The molecule has 15 heavy (non-hydrogen) atoms. The van der Waals surface area contributed by atoms with Crippen LogP contribution in [0.5, 0.6) is 0 Å². The van der Waals surface area contributed by atoms with Crippen molar-refractivity contribution in [1.29, 1.82) is 0 Å². The van der Waals surface area contributed by atoms with E-state index in [0.717, 1.165) is 25.9 Å². The van der Waals surface area contributed by atoms with Crippen LogP contribution in [-0.4, -0.2) is 35.9 Å². The summed E-state index contributed by atoms with van der Waals surface area (Å²) >= 11 is 0. The first-order valence-corrected chi connectivity index (χ1v) is 6.36. The van der Waals surface area contributed by atoms with Gasteiger partial charge in [0.05, 0.1) is 6.10 Å². The third-order valence-corrected chi connectivity index (χ3v) is 3.88. The first kappa shape index (κ1) is 11.4. The number of aliphatic hydroxyl groups excluding tert-OH is 1. The van der Waals surface area contributed by atoms with Gasteiger partial charge >= 0.3 is 0 Å². The SMILES string of the molecule is CC1(NC2CCCCCC2O)CCNC1. The molecule has 1 heterocycles. The first-order valence-electron chi connectivity index (χ1n) is 6.36. The van der Waals surface area contributed by atoms with E-state index in [1.807, 2.05) is 0 Å². The van der Waals surface area contributed by atoms with Crippen molar-refractivity contribution in [2.75, 3.05) is 13.1 Å². The molecule has 88 valence electrons. The van der Waals surface area contributed by atoms with Crippen molar-refractivity contribution in [2.24, 2.45) is 0 Å². The van der Waals surface area contributed by atoms with E-state index in [1.165, 1.54) is 25.7 Å². The zero-order valence-electron chi connectivity index (χ0n) is 9.76. The second-order valence-corrected chi connectivity index (χ2v) is 5.44. The molecule has 2 fully saturated rings. The predicted molar refractivity (Wildman–Crippen MR) is 61.9 cm³/mol. The van der Waals surface area contributed by atoms with Gasteiger partial charge in [0.1, 0.15) is 0 Å². The molecule has 1 saturated heterocycles. The lowest BCUT2D eigenvalue weighted by Gasteiger charge is -2.33. The van der Waals surface area contributed by atoms with E-state index >= 15 is 0 Å². The third kappa shape index (κ3) is 2.92. The Morgan fingerprint density at radius 2 is 2.07 bits per heavy atom. The number of hydrogen-bond acceptors (Lipinski definition) is 3. The summed E-state index contributed by atoms with van der Waals surface area (Å²) in [5.41, 5.74) is 0.204. The molecule has 3 nitrogen and oxygen atoms in total. The largest absolute Gasteiger partial charge is 0.392 e. The van der Waals surface area contributed by atoms with E-state index in [4.69, 9.17) is 0 Å². The van der Waals surface area contributed by atoms with Crippen LogP contribution < -0.4 is 10.6 Å². The minimum atomic E-state index is -0.134. The highest BCUT2D eigenvalue weighted by atomic mass is 16.3. The van der Waals surface area contributed by atoms with Crippen LogP contribution in [0.2, 0.25) is 0 Å². The van der Waals surface area contributed by atoms with Gasteiger partial charge in [-0.05, 0) is 32.7 Å². The van der Waals surface area contributed by atoms with Crippen LogP contribution in [0, 0.1) is 0 Å². The van der Waals surface area contributed by atoms with Crippen LogP contribution in [0.25, 0.3) is 0 Å². The van der Waals surface area contributed by atoms with Gasteiger partial charge in [-0.1, -0.05) is 19.3 Å². The summed E-state index contributed by atoms with van der Waals surface area (Å²) in [4.78, 5) is 0. The molecule has 3 heteroatoms. The number of nitrogens with one attached hydrogen (secondary N) is 2. The van der Waals surface area contributed by atoms with E-state index in [2.05, 4.69) is 17.6 Å². The summed E-state index contributed by atoms with van der Waals surface area (Å²) < 4.78 is 0. The Labute approximate surface area is 92.6 Å². The van der Waals surface area contributed by atoms with Crippen LogP contribution in [0.15, 0.2) is 0 Å². The van der Waals surface area contributed by atoms with Gasteiger partial charge in [0.25, 0.3) is 0 Å². The summed E-state index contributed by atoms with van der Waals surface area (Å²) in [5, 5.41) is 17.1. The van der Waals surface area contributed by atoms with Gasteiger partial charge < -0.3 is 15.7 Å². The molecule has 0 spiro atoms. The van der Waals surface area contributed by atoms with Crippen molar-refractivity contribution in [3.63, 3.8) is 0 Å². The Hall–Kier alpha value is -0.120. The van der Waals surface area contributed by atoms with Crippen molar-refractivity contribution in [3.05, 3.63) is 0 Å². The zero-order chi connectivity index (χ0) is 10.7. The summed E-state index contributed by atoms with van der Waals surface area (Å²) in [7, 11) is 0. The number of aliphatic hydroxyl groups is 1. The third-order valence-electron chi connectivity index (χ3n) is 3.88. The molecule has 1 aliphatic carbocycles. The number of rotatable bonds is 2. The minimum Gasteiger partial charge on any atom is -0.392 e. The van der Waals surface area contributed by atoms with Crippen molar-refractivity contribution in [1.82, 2.24) is 10.6 Å². The average molecular weight is 212 g/mol. The molecule has 3 unspecified atom stereocenters. The molecule has 3 N–H and O–H groups in total. The second kappa shape index (κ2) is 4.81. The normalized spacial score (nSPS) is 42.8. The van der Waals surface area contributed by atoms with E-state index in [1.54, 1.807) is 0 Å². The molecular weight excluding hydrogens is 188 g/mol. The first-order chi connectivity index (χ1) is 7.20. The van der Waals surface area contributed by atoms with Crippen molar-refractivity contribution in [2.45, 2.75) is 63.1 Å². The standard InChI is InChI=1S/C12H24N2O/c1-12(7-8-13-9-12)14-10-5-3-2-4-6-11(10)15/h10-11,13-15H,2-9H2,1H3. The van der Waals surface area contributed by atoms with Crippen LogP contribution in [0.4, 0.5) is 0 Å². The molecule has 2 aliphatic rings. The van der Waals surface area contributed by atoms with Gasteiger partial charge in [-0.3, -0.25) is 0 Å². The Morgan fingerprint density at radius 3 is 2.80 bits per heavy atom. The molecular formula is C12H24N2O. The van der Waals surface area contributed by atoms with Gasteiger partial charge in [-0.15, -0.1) is 0 Å². The molecule has 0 aromatic carbocycles. The highest BCUT2D eigenvalue weighted by Crippen LogP contribution is 2.22. The monoisotopic (exact) mass is 212 g/mol. The maximum atomic E-state index is 10.0.